The van der Waals surface area contributed by atoms with E-state index in [-0.39, 0.29) is 6.10 Å². The van der Waals surface area contributed by atoms with Crippen molar-refractivity contribution in [1.29, 1.82) is 0 Å². The second kappa shape index (κ2) is 7.76. The van der Waals surface area contributed by atoms with Crippen molar-refractivity contribution in [2.45, 2.75) is 36.5 Å². The Morgan fingerprint density at radius 1 is 1.24 bits per heavy atom. The molecule has 0 saturated carbocycles. The van der Waals surface area contributed by atoms with Crippen molar-refractivity contribution in [2.75, 3.05) is 29.8 Å². The molecule has 1 unspecified atom stereocenters. The Kier molecular flexibility index (Phi) is 5.66. The molecule has 1 fully saturated rings. The van der Waals surface area contributed by atoms with Crippen molar-refractivity contribution in [3.63, 3.8) is 0 Å². The van der Waals surface area contributed by atoms with Gasteiger partial charge in [-0.15, -0.1) is 11.3 Å². The lowest BCUT2D eigenvalue weighted by Crippen LogP contribution is -2.39. The number of benzene rings is 1. The van der Waals surface area contributed by atoms with Gasteiger partial charge in [-0.1, -0.05) is 6.92 Å². The van der Waals surface area contributed by atoms with Crippen molar-refractivity contribution in [1.82, 2.24) is 0 Å². The van der Waals surface area contributed by atoms with Crippen LogP contribution in [0.1, 0.15) is 24.6 Å². The number of thiophene rings is 1. The highest BCUT2D eigenvalue weighted by Gasteiger charge is 2.20. The maximum Gasteiger partial charge on any atom is 0.271 e. The minimum atomic E-state index is -3.52. The fraction of sp³-hybridized carbons (Fsp3) is 0.444. The molecule has 2 heterocycles. The topological polar surface area (TPSA) is 58.6 Å². The summed E-state index contributed by atoms with van der Waals surface area (Å²) in [6.07, 6.45) is 3.29. The Morgan fingerprint density at radius 3 is 2.64 bits per heavy atom. The Balaban J connectivity index is 1.70. The fourth-order valence-corrected chi connectivity index (χ4v) is 5.36. The van der Waals surface area contributed by atoms with E-state index in [1.54, 1.807) is 13.2 Å². The molecular weight excluding hydrogens is 356 g/mol. The maximum atomic E-state index is 12.5. The summed E-state index contributed by atoms with van der Waals surface area (Å²) in [6, 6.07) is 11.1. The predicted octanol–water partition coefficient (Wildman–Crippen LogP) is 3.73. The summed E-state index contributed by atoms with van der Waals surface area (Å²) < 4.78 is 33.4. The molecule has 0 amide bonds. The molecule has 25 heavy (non-hydrogen) atoms. The molecule has 1 aromatic heterocycles. The Bertz CT molecular complexity index is 800. The number of rotatable bonds is 6. The molecule has 1 N–H and O–H groups in total. The van der Waals surface area contributed by atoms with Crippen LogP contribution in [0.2, 0.25) is 0 Å². The summed E-state index contributed by atoms with van der Waals surface area (Å²) in [5.74, 6) is 0. The van der Waals surface area contributed by atoms with Gasteiger partial charge in [0.15, 0.2) is 0 Å². The number of hydrogen-bond donors (Lipinski definition) is 1. The summed E-state index contributed by atoms with van der Waals surface area (Å²) in [6.45, 7) is 3.89. The molecule has 1 saturated heterocycles. The Labute approximate surface area is 153 Å². The first-order chi connectivity index (χ1) is 12.0. The zero-order valence-corrected chi connectivity index (χ0v) is 16.2. The lowest BCUT2D eigenvalue weighted by molar-refractivity contribution is 0.0893. The zero-order chi connectivity index (χ0) is 17.9. The largest absolute Gasteiger partial charge is 0.380 e. The molecule has 1 aromatic carbocycles. The monoisotopic (exact) mass is 380 g/mol. The van der Waals surface area contributed by atoms with Crippen LogP contribution in [0, 0.1) is 0 Å². The summed E-state index contributed by atoms with van der Waals surface area (Å²) >= 11 is 1.32. The van der Waals surface area contributed by atoms with E-state index in [4.69, 9.17) is 4.74 Å². The van der Waals surface area contributed by atoms with Gasteiger partial charge in [-0.3, -0.25) is 4.72 Å². The standard InChI is InChI=1S/C18H24N2O3S2/c1-3-17-10-11-18(24-17)25(21,22)19-14-6-8-15(9-7-14)20-12-4-5-16(13-20)23-2/h6-11,16,19H,3-5,12-13H2,1-2H3. The number of piperidine rings is 1. The molecular formula is C18H24N2O3S2. The molecule has 1 aliphatic heterocycles. The molecule has 1 atom stereocenters. The van der Waals surface area contributed by atoms with Crippen molar-refractivity contribution in [2.24, 2.45) is 0 Å². The van der Waals surface area contributed by atoms with E-state index < -0.39 is 10.0 Å². The molecule has 0 bridgehead atoms. The van der Waals surface area contributed by atoms with Gasteiger partial charge in [0.1, 0.15) is 4.21 Å². The van der Waals surface area contributed by atoms with Crippen LogP contribution in [-0.4, -0.2) is 34.7 Å². The van der Waals surface area contributed by atoms with Crippen LogP contribution in [0.5, 0.6) is 0 Å². The van der Waals surface area contributed by atoms with Crippen LogP contribution < -0.4 is 9.62 Å². The van der Waals surface area contributed by atoms with Crippen LogP contribution >= 0.6 is 11.3 Å². The molecule has 7 heteroatoms. The summed E-state index contributed by atoms with van der Waals surface area (Å²) in [5, 5.41) is 0. The van der Waals surface area contributed by atoms with Gasteiger partial charge >= 0.3 is 0 Å². The van der Waals surface area contributed by atoms with Crippen molar-refractivity contribution in [3.05, 3.63) is 41.3 Å². The van der Waals surface area contributed by atoms with Gasteiger partial charge in [-0.25, -0.2) is 8.42 Å². The minimum Gasteiger partial charge on any atom is -0.380 e. The van der Waals surface area contributed by atoms with E-state index in [2.05, 4.69) is 9.62 Å². The molecule has 1 aliphatic rings. The number of anilines is 2. The second-order valence-corrected chi connectivity index (χ2v) is 9.25. The van der Waals surface area contributed by atoms with E-state index in [1.807, 2.05) is 37.3 Å². The summed E-state index contributed by atoms with van der Waals surface area (Å²) in [7, 11) is -1.77. The van der Waals surface area contributed by atoms with Gasteiger partial charge in [0.2, 0.25) is 0 Å². The van der Waals surface area contributed by atoms with Gasteiger partial charge in [-0.2, -0.15) is 0 Å². The summed E-state index contributed by atoms with van der Waals surface area (Å²) in [4.78, 5) is 3.34. The van der Waals surface area contributed by atoms with E-state index in [1.165, 1.54) is 11.3 Å². The van der Waals surface area contributed by atoms with E-state index in [0.29, 0.717) is 9.90 Å². The molecule has 5 nitrogen and oxygen atoms in total. The quantitative estimate of drug-likeness (QED) is 0.830. The first-order valence-electron chi connectivity index (χ1n) is 8.51. The van der Waals surface area contributed by atoms with Gasteiger partial charge in [0.05, 0.1) is 6.10 Å². The number of aryl methyl sites for hydroxylation is 1. The maximum absolute atomic E-state index is 12.5. The van der Waals surface area contributed by atoms with Crippen LogP contribution in [0.3, 0.4) is 0 Å². The van der Waals surface area contributed by atoms with Gasteiger partial charge < -0.3 is 9.64 Å². The lowest BCUT2D eigenvalue weighted by atomic mass is 10.1. The van der Waals surface area contributed by atoms with E-state index >= 15 is 0 Å². The molecule has 3 rings (SSSR count). The number of nitrogens with zero attached hydrogens (tertiary/aromatic N) is 1. The lowest BCUT2D eigenvalue weighted by Gasteiger charge is -2.33. The fourth-order valence-electron chi connectivity index (χ4n) is 3.00. The number of hydrogen-bond acceptors (Lipinski definition) is 5. The van der Waals surface area contributed by atoms with Gasteiger partial charge in [-0.05, 0) is 55.7 Å². The molecule has 2 aromatic rings. The minimum absolute atomic E-state index is 0.263. The van der Waals surface area contributed by atoms with Gasteiger partial charge in [0, 0.05) is 36.5 Å². The highest BCUT2D eigenvalue weighted by molar-refractivity contribution is 7.94. The van der Waals surface area contributed by atoms with E-state index in [0.717, 1.165) is 42.9 Å². The third kappa shape index (κ3) is 4.34. The average Bonchev–Trinajstić information content (AvgIpc) is 3.12. The first-order valence-corrected chi connectivity index (χ1v) is 10.8. The first kappa shape index (κ1) is 18.2. The Morgan fingerprint density at radius 2 is 2.00 bits per heavy atom. The van der Waals surface area contributed by atoms with Crippen LogP contribution in [0.4, 0.5) is 11.4 Å². The zero-order valence-electron chi connectivity index (χ0n) is 14.6. The SMILES string of the molecule is CCc1ccc(S(=O)(=O)Nc2ccc(N3CCCC(OC)C3)cc2)s1. The van der Waals surface area contributed by atoms with Crippen LogP contribution in [0.25, 0.3) is 0 Å². The third-order valence-corrected chi connectivity index (χ3v) is 7.55. The normalized spacial score (nSPS) is 18.3. The number of ether oxygens (including phenoxy) is 1. The van der Waals surface area contributed by atoms with Crippen molar-refractivity contribution >= 4 is 32.7 Å². The molecule has 136 valence electrons. The number of sulfonamides is 1. The Hall–Kier alpha value is -1.57. The van der Waals surface area contributed by atoms with Crippen LogP contribution in [0.15, 0.2) is 40.6 Å². The highest BCUT2D eigenvalue weighted by atomic mass is 32.2. The van der Waals surface area contributed by atoms with Crippen molar-refractivity contribution < 1.29 is 13.2 Å². The van der Waals surface area contributed by atoms with E-state index in [9.17, 15) is 8.42 Å². The molecule has 0 spiro atoms. The van der Waals surface area contributed by atoms with Crippen molar-refractivity contribution in [3.8, 4) is 0 Å². The molecule has 0 radical (unpaired) electrons. The smallest absolute Gasteiger partial charge is 0.271 e. The predicted molar refractivity (Wildman–Crippen MR) is 103 cm³/mol. The number of methoxy groups -OCH3 is 1. The van der Waals surface area contributed by atoms with Crippen LogP contribution in [-0.2, 0) is 21.2 Å². The average molecular weight is 381 g/mol. The number of nitrogens with one attached hydrogen (secondary N) is 1. The highest BCUT2D eigenvalue weighted by Crippen LogP contribution is 2.26. The molecule has 0 aliphatic carbocycles. The summed E-state index contributed by atoms with van der Waals surface area (Å²) in [5.41, 5.74) is 1.67. The van der Waals surface area contributed by atoms with Gasteiger partial charge in [0.25, 0.3) is 10.0 Å². The second-order valence-electron chi connectivity index (χ2n) is 6.17. The third-order valence-electron chi connectivity index (χ3n) is 4.45.